The molecule has 0 bridgehead atoms. The van der Waals surface area contributed by atoms with Crippen LogP contribution in [0.5, 0.6) is 0 Å². The van der Waals surface area contributed by atoms with Crippen molar-refractivity contribution in [2.75, 3.05) is 0 Å². The van der Waals surface area contributed by atoms with Crippen molar-refractivity contribution in [2.45, 2.75) is 6.92 Å². The molecule has 1 unspecified atom stereocenters. The summed E-state index contributed by atoms with van der Waals surface area (Å²) in [6.07, 6.45) is 3.83. The molecule has 1 atom stereocenters. The zero-order valence-electron chi connectivity index (χ0n) is 4.44. The first-order valence-corrected chi connectivity index (χ1v) is 2.67. The van der Waals surface area contributed by atoms with E-state index in [4.69, 9.17) is 0 Å². The molecule has 0 rings (SSSR count). The second-order valence-electron chi connectivity index (χ2n) is 1.17. The smallest absolute Gasteiger partial charge is 0.0292 e. The number of allylic oxidation sites excluding steroid dienone is 2. The van der Waals surface area contributed by atoms with E-state index in [1.165, 1.54) is 0 Å². The van der Waals surface area contributed by atoms with Gasteiger partial charge in [0.1, 0.15) is 0 Å². The van der Waals surface area contributed by atoms with E-state index in [0.717, 1.165) is 5.70 Å². The molecule has 0 aromatic carbocycles. The maximum atomic E-state index is 3.64. The maximum Gasteiger partial charge on any atom is 0.0292 e. The summed E-state index contributed by atoms with van der Waals surface area (Å²) in [5.74, 6) is 0. The topological polar surface area (TPSA) is 12.0 Å². The highest BCUT2D eigenvalue weighted by molar-refractivity contribution is 7.14. The normalized spacial score (nSPS) is 9.43. The molecule has 0 saturated carbocycles. The van der Waals surface area contributed by atoms with Crippen molar-refractivity contribution in [3.05, 3.63) is 24.4 Å². The molecule has 2 heteroatoms. The van der Waals surface area contributed by atoms with Crippen LogP contribution in [0.3, 0.4) is 0 Å². The highest BCUT2D eigenvalue weighted by atomic mass is 31.0. The first-order chi connectivity index (χ1) is 3.31. The molecule has 1 N–H and O–H groups in total. The van der Waals surface area contributed by atoms with Gasteiger partial charge in [-0.05, 0) is 22.4 Å². The molecule has 0 aliphatic rings. The van der Waals surface area contributed by atoms with Crippen LogP contribution in [0.15, 0.2) is 24.4 Å². The number of hydrogen-bond donors (Lipinski definition) is 1. The molecule has 0 saturated heterocycles. The number of hydrogen-bond acceptors (Lipinski definition) is 1. The fourth-order valence-corrected chi connectivity index (χ4v) is 0.346. The lowest BCUT2D eigenvalue weighted by atomic mass is 10.4. The van der Waals surface area contributed by atoms with Gasteiger partial charge in [0, 0.05) is 5.70 Å². The van der Waals surface area contributed by atoms with Crippen molar-refractivity contribution in [3.63, 3.8) is 0 Å². The van der Waals surface area contributed by atoms with Crippen molar-refractivity contribution in [1.29, 1.82) is 0 Å². The molecule has 40 valence electrons. The zero-order chi connectivity index (χ0) is 5.70. The first kappa shape index (κ1) is 6.71. The van der Waals surface area contributed by atoms with Crippen molar-refractivity contribution in [1.82, 2.24) is 5.09 Å². The average molecular weight is 115 g/mol. The van der Waals surface area contributed by atoms with Gasteiger partial charge >= 0.3 is 0 Å². The molecule has 0 aliphatic heterocycles. The van der Waals surface area contributed by atoms with Crippen LogP contribution in [-0.2, 0) is 0 Å². The van der Waals surface area contributed by atoms with Crippen LogP contribution in [0, 0.1) is 0 Å². The van der Waals surface area contributed by atoms with E-state index < -0.39 is 0 Å². The standard InChI is InChI=1S/C5H10NP/c1-3-4-5(2)6-7/h3-4,6H,2,7H2,1H3/b4-3-. The SMILES string of the molecule is C=C(/C=C\C)NP. The van der Waals surface area contributed by atoms with Crippen molar-refractivity contribution < 1.29 is 0 Å². The van der Waals surface area contributed by atoms with E-state index in [1.54, 1.807) is 0 Å². The first-order valence-electron chi connectivity index (χ1n) is 2.09. The Hall–Kier alpha value is -0.290. The summed E-state index contributed by atoms with van der Waals surface area (Å²) in [7, 11) is 2.37. The summed E-state index contributed by atoms with van der Waals surface area (Å²) in [6.45, 7) is 5.60. The van der Waals surface area contributed by atoms with E-state index in [2.05, 4.69) is 21.1 Å². The van der Waals surface area contributed by atoms with Gasteiger partial charge in [-0.25, -0.2) is 0 Å². The van der Waals surface area contributed by atoms with E-state index in [-0.39, 0.29) is 0 Å². The predicted molar refractivity (Wildman–Crippen MR) is 36.8 cm³/mol. The second kappa shape index (κ2) is 3.89. The van der Waals surface area contributed by atoms with Crippen molar-refractivity contribution >= 4 is 9.39 Å². The highest BCUT2D eigenvalue weighted by Crippen LogP contribution is 1.87. The average Bonchev–Trinajstić information content (AvgIpc) is 1.68. The molecular formula is C5H10NP. The second-order valence-corrected chi connectivity index (χ2v) is 1.46. The molecule has 0 aliphatic carbocycles. The van der Waals surface area contributed by atoms with Crippen LogP contribution in [-0.4, -0.2) is 0 Å². The third kappa shape index (κ3) is 3.54. The van der Waals surface area contributed by atoms with Gasteiger partial charge in [0.15, 0.2) is 0 Å². The van der Waals surface area contributed by atoms with Crippen molar-refractivity contribution in [3.8, 4) is 0 Å². The van der Waals surface area contributed by atoms with Gasteiger partial charge in [-0.1, -0.05) is 12.7 Å². The summed E-state index contributed by atoms with van der Waals surface area (Å²) in [4.78, 5) is 0. The van der Waals surface area contributed by atoms with Crippen LogP contribution < -0.4 is 5.09 Å². The fraction of sp³-hybridized carbons (Fsp3) is 0.200. The molecule has 0 radical (unpaired) electrons. The Labute approximate surface area is 46.8 Å². The molecule has 1 nitrogen and oxygen atoms in total. The van der Waals surface area contributed by atoms with E-state index in [9.17, 15) is 0 Å². The van der Waals surface area contributed by atoms with Gasteiger partial charge in [-0.3, -0.25) is 0 Å². The maximum absolute atomic E-state index is 3.64. The van der Waals surface area contributed by atoms with Gasteiger partial charge in [0.05, 0.1) is 0 Å². The van der Waals surface area contributed by atoms with E-state index >= 15 is 0 Å². The molecule has 0 aromatic heterocycles. The lowest BCUT2D eigenvalue weighted by Crippen LogP contribution is -1.89. The van der Waals surface area contributed by atoms with Crippen LogP contribution in [0.4, 0.5) is 0 Å². The minimum absolute atomic E-state index is 0.910. The van der Waals surface area contributed by atoms with Gasteiger partial charge in [-0.2, -0.15) is 0 Å². The molecule has 0 spiro atoms. The van der Waals surface area contributed by atoms with Crippen molar-refractivity contribution in [2.24, 2.45) is 0 Å². The predicted octanol–water partition coefficient (Wildman–Crippen LogP) is 1.46. The van der Waals surface area contributed by atoms with E-state index in [0.29, 0.717) is 0 Å². The quantitative estimate of drug-likeness (QED) is 0.424. The van der Waals surface area contributed by atoms with Gasteiger partial charge in [-0.15, -0.1) is 0 Å². The minimum Gasteiger partial charge on any atom is -0.370 e. The minimum atomic E-state index is 0.910. The zero-order valence-corrected chi connectivity index (χ0v) is 5.59. The largest absolute Gasteiger partial charge is 0.370 e. The molecule has 7 heavy (non-hydrogen) atoms. The third-order valence-corrected chi connectivity index (χ3v) is 0.924. The fourth-order valence-electron chi connectivity index (χ4n) is 0.249. The third-order valence-electron chi connectivity index (χ3n) is 0.553. The summed E-state index contributed by atoms with van der Waals surface area (Å²) in [5.41, 5.74) is 0.910. The Morgan fingerprint density at radius 2 is 2.43 bits per heavy atom. The molecule has 0 heterocycles. The summed E-state index contributed by atoms with van der Waals surface area (Å²) in [6, 6.07) is 0. The molecule has 0 fully saturated rings. The summed E-state index contributed by atoms with van der Waals surface area (Å²) < 4.78 is 0. The van der Waals surface area contributed by atoms with Crippen LogP contribution in [0.2, 0.25) is 0 Å². The van der Waals surface area contributed by atoms with Crippen LogP contribution >= 0.6 is 9.39 Å². The Kier molecular flexibility index (Phi) is 3.72. The molecular weight excluding hydrogens is 105 g/mol. The van der Waals surface area contributed by atoms with E-state index in [1.807, 2.05) is 19.1 Å². The molecule has 0 amide bonds. The lowest BCUT2D eigenvalue weighted by Gasteiger charge is -1.91. The highest BCUT2D eigenvalue weighted by Gasteiger charge is 1.71. The number of rotatable bonds is 2. The van der Waals surface area contributed by atoms with Gasteiger partial charge in [0.2, 0.25) is 0 Å². The summed E-state index contributed by atoms with van der Waals surface area (Å²) in [5, 5.41) is 2.80. The van der Waals surface area contributed by atoms with Gasteiger partial charge < -0.3 is 5.09 Å². The summed E-state index contributed by atoms with van der Waals surface area (Å²) >= 11 is 0. The molecule has 0 aromatic rings. The van der Waals surface area contributed by atoms with Gasteiger partial charge in [0.25, 0.3) is 0 Å². The monoisotopic (exact) mass is 115 g/mol. The Morgan fingerprint density at radius 3 is 2.57 bits per heavy atom. The number of nitrogens with one attached hydrogen (secondary N) is 1. The Morgan fingerprint density at radius 1 is 1.86 bits per heavy atom. The lowest BCUT2D eigenvalue weighted by molar-refractivity contribution is 1.30. The Bertz CT molecular complexity index is 86.1. The van der Waals surface area contributed by atoms with Crippen LogP contribution in [0.1, 0.15) is 6.92 Å². The van der Waals surface area contributed by atoms with Crippen LogP contribution in [0.25, 0.3) is 0 Å². The Balaban J connectivity index is 3.37.